The Morgan fingerprint density at radius 2 is 1.92 bits per heavy atom. The lowest BCUT2D eigenvalue weighted by molar-refractivity contribution is 0.300. The van der Waals surface area contributed by atoms with Crippen molar-refractivity contribution in [2.45, 2.75) is 13.2 Å². The van der Waals surface area contributed by atoms with Gasteiger partial charge in [0.1, 0.15) is 23.2 Å². The first-order chi connectivity index (χ1) is 12.5. The zero-order chi connectivity index (χ0) is 18.5. The number of rotatable bonds is 6. The van der Waals surface area contributed by atoms with Crippen molar-refractivity contribution in [1.29, 1.82) is 0 Å². The molecule has 0 bridgehead atoms. The van der Waals surface area contributed by atoms with Crippen LogP contribution in [-0.4, -0.2) is 9.78 Å². The number of benzene rings is 2. The number of ether oxygens (including phenoxy) is 1. The van der Waals surface area contributed by atoms with Gasteiger partial charge in [-0.2, -0.15) is 5.10 Å². The summed E-state index contributed by atoms with van der Waals surface area (Å²) in [7, 11) is 1.54. The average molecular weight is 374 g/mol. The highest BCUT2D eigenvalue weighted by atomic mass is 35.5. The van der Waals surface area contributed by atoms with Crippen LogP contribution in [0, 0.1) is 5.82 Å². The molecule has 0 fully saturated rings. The fourth-order valence-electron chi connectivity index (χ4n) is 2.31. The molecular formula is C19H17ClFN3O2. The fourth-order valence-corrected chi connectivity index (χ4v) is 2.55. The minimum atomic E-state index is -0.353. The van der Waals surface area contributed by atoms with Gasteiger partial charge in [0.2, 0.25) is 0 Å². The molecule has 0 saturated carbocycles. The van der Waals surface area contributed by atoms with Gasteiger partial charge in [-0.3, -0.25) is 4.79 Å². The third kappa shape index (κ3) is 4.21. The van der Waals surface area contributed by atoms with E-state index in [1.165, 1.54) is 24.0 Å². The molecule has 7 heteroatoms. The number of nitrogens with zero attached hydrogens (tertiary/aromatic N) is 2. The molecule has 0 aliphatic carbocycles. The van der Waals surface area contributed by atoms with E-state index in [-0.39, 0.29) is 23.0 Å². The van der Waals surface area contributed by atoms with Gasteiger partial charge in [0, 0.05) is 19.2 Å². The normalized spacial score (nSPS) is 10.6. The highest BCUT2D eigenvalue weighted by molar-refractivity contribution is 6.32. The number of aromatic nitrogens is 2. The lowest BCUT2D eigenvalue weighted by Crippen LogP contribution is -2.21. The SMILES string of the molecule is Cn1ncc(NCc2ccc(OCc3ccccc3F)cc2)c(Cl)c1=O. The Labute approximate surface area is 155 Å². The maximum absolute atomic E-state index is 13.6. The van der Waals surface area contributed by atoms with Crippen LogP contribution in [0.1, 0.15) is 11.1 Å². The highest BCUT2D eigenvalue weighted by Gasteiger charge is 2.07. The molecule has 0 spiro atoms. The Kier molecular flexibility index (Phi) is 5.53. The first-order valence-electron chi connectivity index (χ1n) is 7.95. The van der Waals surface area contributed by atoms with Gasteiger partial charge < -0.3 is 10.1 Å². The zero-order valence-corrected chi connectivity index (χ0v) is 14.8. The van der Waals surface area contributed by atoms with Gasteiger partial charge in [-0.05, 0) is 23.8 Å². The van der Waals surface area contributed by atoms with Crippen LogP contribution in [-0.2, 0) is 20.2 Å². The summed E-state index contributed by atoms with van der Waals surface area (Å²) in [4.78, 5) is 11.7. The Hall–Kier alpha value is -2.86. The van der Waals surface area contributed by atoms with E-state index in [9.17, 15) is 9.18 Å². The minimum absolute atomic E-state index is 0.104. The van der Waals surface area contributed by atoms with Crippen molar-refractivity contribution in [3.63, 3.8) is 0 Å². The van der Waals surface area contributed by atoms with E-state index >= 15 is 0 Å². The lowest BCUT2D eigenvalue weighted by atomic mass is 10.2. The summed E-state index contributed by atoms with van der Waals surface area (Å²) in [5.74, 6) is 0.359. The van der Waals surface area contributed by atoms with Crippen LogP contribution in [0.5, 0.6) is 5.75 Å². The van der Waals surface area contributed by atoms with Crippen molar-refractivity contribution in [1.82, 2.24) is 9.78 Å². The molecule has 3 rings (SSSR count). The van der Waals surface area contributed by atoms with E-state index in [0.717, 1.165) is 5.56 Å². The molecule has 5 nitrogen and oxygen atoms in total. The second-order valence-corrected chi connectivity index (χ2v) is 6.06. The summed E-state index contributed by atoms with van der Waals surface area (Å²) in [5, 5.41) is 7.12. The number of hydrogen-bond donors (Lipinski definition) is 1. The molecule has 3 aromatic rings. The second kappa shape index (κ2) is 8.01. The van der Waals surface area contributed by atoms with Gasteiger partial charge in [0.05, 0.1) is 11.9 Å². The summed E-state index contributed by atoms with van der Waals surface area (Å²) in [5.41, 5.74) is 1.61. The van der Waals surface area contributed by atoms with Crippen LogP contribution in [0.2, 0.25) is 5.02 Å². The molecule has 0 radical (unpaired) electrons. The summed E-state index contributed by atoms with van der Waals surface area (Å²) in [6, 6.07) is 13.9. The second-order valence-electron chi connectivity index (χ2n) is 5.68. The largest absolute Gasteiger partial charge is 0.489 e. The lowest BCUT2D eigenvalue weighted by Gasteiger charge is -2.10. The molecule has 0 saturated heterocycles. The number of hydrogen-bond acceptors (Lipinski definition) is 4. The van der Waals surface area contributed by atoms with Crippen LogP contribution < -0.4 is 15.6 Å². The van der Waals surface area contributed by atoms with Crippen molar-refractivity contribution in [2.24, 2.45) is 7.05 Å². The Morgan fingerprint density at radius 3 is 2.65 bits per heavy atom. The summed E-state index contributed by atoms with van der Waals surface area (Å²) in [6.07, 6.45) is 1.51. The first-order valence-corrected chi connectivity index (χ1v) is 8.33. The smallest absolute Gasteiger partial charge is 0.287 e. The van der Waals surface area contributed by atoms with Crippen LogP contribution in [0.25, 0.3) is 0 Å². The summed E-state index contributed by atoms with van der Waals surface area (Å²) in [6.45, 7) is 0.640. The molecule has 0 atom stereocenters. The molecule has 0 aliphatic heterocycles. The van der Waals surface area contributed by atoms with Crippen molar-refractivity contribution >= 4 is 17.3 Å². The standard InChI is InChI=1S/C19H17ClFN3O2/c1-24-19(25)18(20)17(11-23-24)22-10-13-6-8-15(9-7-13)26-12-14-4-2-3-5-16(14)21/h2-9,11,22H,10,12H2,1H3. The van der Waals surface area contributed by atoms with Crippen molar-refractivity contribution in [3.05, 3.63) is 87.0 Å². The highest BCUT2D eigenvalue weighted by Crippen LogP contribution is 2.18. The van der Waals surface area contributed by atoms with E-state index in [1.54, 1.807) is 18.2 Å². The molecule has 0 amide bonds. The fraction of sp³-hybridized carbons (Fsp3) is 0.158. The summed E-state index contributed by atoms with van der Waals surface area (Å²) >= 11 is 6.02. The van der Waals surface area contributed by atoms with E-state index in [1.807, 2.05) is 24.3 Å². The van der Waals surface area contributed by atoms with Gasteiger partial charge in [0.15, 0.2) is 0 Å². The van der Waals surface area contributed by atoms with E-state index in [2.05, 4.69) is 10.4 Å². The quantitative estimate of drug-likeness (QED) is 0.714. The topological polar surface area (TPSA) is 56.1 Å². The molecule has 26 heavy (non-hydrogen) atoms. The van der Waals surface area contributed by atoms with E-state index < -0.39 is 0 Å². The van der Waals surface area contributed by atoms with Crippen LogP contribution in [0.15, 0.2) is 59.5 Å². The monoisotopic (exact) mass is 373 g/mol. The van der Waals surface area contributed by atoms with Gasteiger partial charge in [-0.1, -0.05) is 41.9 Å². The molecule has 0 unspecified atom stereocenters. The Bertz CT molecular complexity index is 958. The van der Waals surface area contributed by atoms with Crippen molar-refractivity contribution in [2.75, 3.05) is 5.32 Å². The third-order valence-corrected chi connectivity index (χ3v) is 4.20. The maximum Gasteiger partial charge on any atom is 0.287 e. The first kappa shape index (κ1) is 17.9. The van der Waals surface area contributed by atoms with Crippen molar-refractivity contribution in [3.8, 4) is 5.75 Å². The average Bonchev–Trinajstić information content (AvgIpc) is 2.66. The predicted molar refractivity (Wildman–Crippen MR) is 99.0 cm³/mol. The number of aryl methyl sites for hydroxylation is 1. The molecule has 1 heterocycles. The van der Waals surface area contributed by atoms with Crippen LogP contribution >= 0.6 is 11.6 Å². The van der Waals surface area contributed by atoms with Crippen LogP contribution in [0.3, 0.4) is 0 Å². The molecular weight excluding hydrogens is 357 g/mol. The van der Waals surface area contributed by atoms with E-state index in [0.29, 0.717) is 23.5 Å². The maximum atomic E-state index is 13.6. The van der Waals surface area contributed by atoms with Gasteiger partial charge >= 0.3 is 0 Å². The Morgan fingerprint density at radius 1 is 1.19 bits per heavy atom. The Balaban J connectivity index is 1.59. The predicted octanol–water partition coefficient (Wildman–Crippen LogP) is 3.76. The molecule has 134 valence electrons. The molecule has 0 aliphatic rings. The zero-order valence-electron chi connectivity index (χ0n) is 14.1. The molecule has 2 aromatic carbocycles. The van der Waals surface area contributed by atoms with Gasteiger partial charge in [-0.25, -0.2) is 9.07 Å². The van der Waals surface area contributed by atoms with Crippen molar-refractivity contribution < 1.29 is 9.13 Å². The van der Waals surface area contributed by atoms with Crippen LogP contribution in [0.4, 0.5) is 10.1 Å². The summed E-state index contributed by atoms with van der Waals surface area (Å²) < 4.78 is 20.4. The van der Waals surface area contributed by atoms with E-state index in [4.69, 9.17) is 16.3 Å². The molecule has 1 aromatic heterocycles. The molecule has 1 N–H and O–H groups in total. The minimum Gasteiger partial charge on any atom is -0.489 e. The number of nitrogens with one attached hydrogen (secondary N) is 1. The number of halogens is 2. The van der Waals surface area contributed by atoms with Gasteiger partial charge in [-0.15, -0.1) is 0 Å². The number of anilines is 1. The third-order valence-electron chi connectivity index (χ3n) is 3.84. The van der Waals surface area contributed by atoms with Gasteiger partial charge in [0.25, 0.3) is 5.56 Å².